The summed E-state index contributed by atoms with van der Waals surface area (Å²) in [6.45, 7) is 1.32. The van der Waals surface area contributed by atoms with Gasteiger partial charge in [-0.1, -0.05) is 0 Å². The van der Waals surface area contributed by atoms with Crippen LogP contribution >= 0.6 is 0 Å². The number of sulfone groups is 1. The van der Waals surface area contributed by atoms with Crippen molar-refractivity contribution >= 4 is 15.6 Å². The molecular weight excluding hydrogens is 232 g/mol. The van der Waals surface area contributed by atoms with Crippen LogP contribution in [0.1, 0.15) is 28.8 Å². The van der Waals surface area contributed by atoms with E-state index in [0.29, 0.717) is 11.3 Å². The van der Waals surface area contributed by atoms with Crippen molar-refractivity contribution < 1.29 is 17.9 Å². The smallest absolute Gasteiger partial charge is 0.221 e. The first-order valence-electron chi connectivity index (χ1n) is 4.58. The normalized spacial score (nSPS) is 16.9. The summed E-state index contributed by atoms with van der Waals surface area (Å²) >= 11 is 0. The lowest BCUT2D eigenvalue weighted by molar-refractivity contribution is 0.100. The number of ketones is 1. The highest BCUT2D eigenvalue weighted by Gasteiger charge is 2.31. The first kappa shape index (κ1) is 11.0. The number of carbonyl (C=O) groups is 1. The molecule has 0 amide bonds. The first-order valence-corrected chi connectivity index (χ1v) is 6.40. The Morgan fingerprint density at radius 3 is 2.56 bits per heavy atom. The van der Waals surface area contributed by atoms with Crippen molar-refractivity contribution in [1.29, 1.82) is 0 Å². The summed E-state index contributed by atoms with van der Waals surface area (Å²) in [7, 11) is -1.79. The van der Waals surface area contributed by atoms with Crippen LogP contribution in [0.25, 0.3) is 0 Å². The molecule has 0 radical (unpaired) electrons. The standard InChI is InChI=1S/C9H10N2O4S/c1-5(12)8-10-7-4-16(13,14)3-6(7)9(11-8)15-2/h3-4H2,1-2H3. The number of Topliss-reactive ketones (excluding diaryl/α,β-unsaturated/α-hetero) is 1. The van der Waals surface area contributed by atoms with Crippen LogP contribution in [0.3, 0.4) is 0 Å². The average Bonchev–Trinajstić information content (AvgIpc) is 2.49. The van der Waals surface area contributed by atoms with Crippen LogP contribution in [0.2, 0.25) is 0 Å². The van der Waals surface area contributed by atoms with Crippen LogP contribution in [0.15, 0.2) is 0 Å². The Morgan fingerprint density at radius 1 is 1.31 bits per heavy atom. The maximum atomic E-state index is 11.4. The second-order valence-electron chi connectivity index (χ2n) is 3.57. The van der Waals surface area contributed by atoms with Gasteiger partial charge in [0, 0.05) is 6.92 Å². The van der Waals surface area contributed by atoms with Gasteiger partial charge in [0.1, 0.15) is 0 Å². The van der Waals surface area contributed by atoms with Gasteiger partial charge in [0.2, 0.25) is 5.88 Å². The van der Waals surface area contributed by atoms with Gasteiger partial charge in [0.25, 0.3) is 0 Å². The summed E-state index contributed by atoms with van der Waals surface area (Å²) < 4.78 is 27.8. The van der Waals surface area contributed by atoms with Gasteiger partial charge in [0.15, 0.2) is 21.4 Å². The highest BCUT2D eigenvalue weighted by Crippen LogP contribution is 2.29. The maximum Gasteiger partial charge on any atom is 0.221 e. The molecule has 1 aromatic heterocycles. The highest BCUT2D eigenvalue weighted by atomic mass is 32.2. The van der Waals surface area contributed by atoms with Gasteiger partial charge in [-0.3, -0.25) is 4.79 Å². The minimum atomic E-state index is -3.17. The fraction of sp³-hybridized carbons (Fsp3) is 0.444. The molecule has 0 fully saturated rings. The molecule has 0 saturated heterocycles. The molecule has 2 rings (SSSR count). The number of nitrogens with zero attached hydrogens (tertiary/aromatic N) is 2. The fourth-order valence-electron chi connectivity index (χ4n) is 1.58. The maximum absolute atomic E-state index is 11.4. The molecule has 0 N–H and O–H groups in total. The van der Waals surface area contributed by atoms with E-state index in [9.17, 15) is 13.2 Å². The van der Waals surface area contributed by atoms with Gasteiger partial charge in [-0.25, -0.2) is 13.4 Å². The number of fused-ring (bicyclic) bond motifs is 1. The molecule has 16 heavy (non-hydrogen) atoms. The Hall–Kier alpha value is -1.50. The zero-order valence-electron chi connectivity index (χ0n) is 8.85. The number of aromatic nitrogens is 2. The molecule has 7 heteroatoms. The molecule has 0 aliphatic carbocycles. The summed E-state index contributed by atoms with van der Waals surface area (Å²) in [4.78, 5) is 19.0. The zero-order chi connectivity index (χ0) is 11.9. The number of rotatable bonds is 2. The number of hydrogen-bond donors (Lipinski definition) is 0. The Kier molecular flexibility index (Phi) is 2.42. The second kappa shape index (κ2) is 3.51. The van der Waals surface area contributed by atoms with Gasteiger partial charge in [0.05, 0.1) is 29.9 Å². The van der Waals surface area contributed by atoms with Gasteiger partial charge in [-0.05, 0) is 0 Å². The summed E-state index contributed by atoms with van der Waals surface area (Å²) in [5.41, 5.74) is 0.838. The molecule has 1 aliphatic rings. The second-order valence-corrected chi connectivity index (χ2v) is 5.63. The van der Waals surface area contributed by atoms with Crippen LogP contribution < -0.4 is 4.74 Å². The van der Waals surface area contributed by atoms with Crippen molar-refractivity contribution in [2.75, 3.05) is 7.11 Å². The van der Waals surface area contributed by atoms with E-state index < -0.39 is 9.84 Å². The predicted octanol–water partition coefficient (Wildman–Crippen LogP) is 0.116. The molecule has 86 valence electrons. The Labute approximate surface area is 92.6 Å². The van der Waals surface area contributed by atoms with Gasteiger partial charge >= 0.3 is 0 Å². The molecule has 1 aliphatic heterocycles. The number of ether oxygens (including phenoxy) is 1. The third-order valence-corrected chi connectivity index (χ3v) is 3.73. The van der Waals surface area contributed by atoms with E-state index in [1.807, 2.05) is 0 Å². The Balaban J connectivity index is 2.62. The molecule has 2 heterocycles. The van der Waals surface area contributed by atoms with Crippen LogP contribution in [0, 0.1) is 0 Å². The average molecular weight is 242 g/mol. The predicted molar refractivity (Wildman–Crippen MR) is 54.9 cm³/mol. The van der Waals surface area contributed by atoms with Crippen LogP contribution in [-0.4, -0.2) is 31.3 Å². The quantitative estimate of drug-likeness (QED) is 0.684. The molecule has 1 aromatic rings. The number of methoxy groups -OCH3 is 1. The third-order valence-electron chi connectivity index (χ3n) is 2.28. The molecule has 0 saturated carbocycles. The van der Waals surface area contributed by atoms with E-state index in [1.54, 1.807) is 0 Å². The van der Waals surface area contributed by atoms with E-state index >= 15 is 0 Å². The molecule has 0 atom stereocenters. The summed E-state index contributed by atoms with van der Waals surface area (Å²) in [5, 5.41) is 0. The number of hydrogen-bond acceptors (Lipinski definition) is 6. The summed E-state index contributed by atoms with van der Waals surface area (Å²) in [5.74, 6) is -0.417. The van der Waals surface area contributed by atoms with E-state index in [1.165, 1.54) is 14.0 Å². The van der Waals surface area contributed by atoms with E-state index in [2.05, 4.69) is 9.97 Å². The minimum Gasteiger partial charge on any atom is -0.481 e. The lowest BCUT2D eigenvalue weighted by Crippen LogP contribution is -2.07. The molecule has 0 unspecified atom stereocenters. The van der Waals surface area contributed by atoms with Crippen LogP contribution in [-0.2, 0) is 21.3 Å². The van der Waals surface area contributed by atoms with E-state index in [0.717, 1.165) is 0 Å². The molecule has 0 spiro atoms. The minimum absolute atomic E-state index is 0.00676. The number of carbonyl (C=O) groups excluding carboxylic acids is 1. The van der Waals surface area contributed by atoms with Crippen molar-refractivity contribution in [3.8, 4) is 5.88 Å². The molecule has 6 nitrogen and oxygen atoms in total. The Bertz CT molecular complexity index is 565. The van der Waals surface area contributed by atoms with Gasteiger partial charge < -0.3 is 4.74 Å². The monoisotopic (exact) mass is 242 g/mol. The largest absolute Gasteiger partial charge is 0.481 e. The topological polar surface area (TPSA) is 86.2 Å². The molecular formula is C9H10N2O4S. The SMILES string of the molecule is COc1nc(C(C)=O)nc2c1CS(=O)(=O)C2. The van der Waals surface area contributed by atoms with Crippen molar-refractivity contribution in [1.82, 2.24) is 9.97 Å². The van der Waals surface area contributed by atoms with E-state index in [-0.39, 0.29) is 29.0 Å². The fourth-order valence-corrected chi connectivity index (χ4v) is 3.06. The summed E-state index contributed by atoms with van der Waals surface area (Å²) in [6, 6.07) is 0. The van der Waals surface area contributed by atoms with Crippen molar-refractivity contribution in [2.24, 2.45) is 0 Å². The van der Waals surface area contributed by atoms with Crippen molar-refractivity contribution in [3.05, 3.63) is 17.1 Å². The third kappa shape index (κ3) is 1.78. The zero-order valence-corrected chi connectivity index (χ0v) is 9.67. The van der Waals surface area contributed by atoms with Crippen molar-refractivity contribution in [2.45, 2.75) is 18.4 Å². The van der Waals surface area contributed by atoms with Crippen LogP contribution in [0.4, 0.5) is 0 Å². The molecule has 0 bridgehead atoms. The van der Waals surface area contributed by atoms with E-state index in [4.69, 9.17) is 4.74 Å². The lowest BCUT2D eigenvalue weighted by Gasteiger charge is -2.05. The highest BCUT2D eigenvalue weighted by molar-refractivity contribution is 7.90. The van der Waals surface area contributed by atoms with Gasteiger partial charge in [-0.2, -0.15) is 4.98 Å². The first-order chi connectivity index (χ1) is 7.43. The Morgan fingerprint density at radius 2 is 2.00 bits per heavy atom. The lowest BCUT2D eigenvalue weighted by atomic mass is 10.2. The van der Waals surface area contributed by atoms with Gasteiger partial charge in [-0.15, -0.1) is 0 Å². The van der Waals surface area contributed by atoms with Crippen molar-refractivity contribution in [3.63, 3.8) is 0 Å². The van der Waals surface area contributed by atoms with Crippen LogP contribution in [0.5, 0.6) is 5.88 Å². The molecule has 0 aromatic carbocycles. The summed E-state index contributed by atoms with van der Waals surface area (Å²) in [6.07, 6.45) is 0.